The van der Waals surface area contributed by atoms with Crippen molar-refractivity contribution in [3.8, 4) is 6.07 Å². The molecule has 114 valence electrons. The second-order valence-corrected chi connectivity index (χ2v) is 6.19. The van der Waals surface area contributed by atoms with Gasteiger partial charge in [-0.1, -0.05) is 0 Å². The summed E-state index contributed by atoms with van der Waals surface area (Å²) in [4.78, 5) is 24.1. The van der Waals surface area contributed by atoms with Crippen LogP contribution in [0.2, 0.25) is 0 Å². The monoisotopic (exact) mass is 297 g/mol. The lowest BCUT2D eigenvalue weighted by Gasteiger charge is -2.33. The number of carbonyl (C=O) groups excluding carboxylic acids is 2. The number of nitrogens with zero attached hydrogens (tertiary/aromatic N) is 1. The number of rotatable bonds is 3. The van der Waals surface area contributed by atoms with Crippen molar-refractivity contribution in [1.82, 2.24) is 10.6 Å². The third-order valence-electron chi connectivity index (χ3n) is 4.49. The minimum atomic E-state index is -0.131. The first-order chi connectivity index (χ1) is 10.6. The lowest BCUT2D eigenvalue weighted by molar-refractivity contribution is -0.124. The highest BCUT2D eigenvalue weighted by Gasteiger charge is 2.40. The Morgan fingerprint density at radius 1 is 1.36 bits per heavy atom. The lowest BCUT2D eigenvalue weighted by atomic mass is 9.93. The van der Waals surface area contributed by atoms with Gasteiger partial charge in [-0.15, -0.1) is 0 Å². The van der Waals surface area contributed by atoms with Gasteiger partial charge in [0.05, 0.1) is 23.7 Å². The molecule has 5 heteroatoms. The first-order valence-corrected chi connectivity index (χ1v) is 7.69. The quantitative estimate of drug-likeness (QED) is 0.890. The molecule has 0 radical (unpaired) electrons. The predicted molar refractivity (Wildman–Crippen MR) is 81.0 cm³/mol. The van der Waals surface area contributed by atoms with Gasteiger partial charge in [0.2, 0.25) is 5.91 Å². The summed E-state index contributed by atoms with van der Waals surface area (Å²) in [5.74, 6) is 0.447. The zero-order valence-corrected chi connectivity index (χ0v) is 12.6. The second-order valence-electron chi connectivity index (χ2n) is 6.19. The smallest absolute Gasteiger partial charge is 0.251 e. The maximum absolute atomic E-state index is 12.5. The highest BCUT2D eigenvalue weighted by Crippen LogP contribution is 2.36. The van der Waals surface area contributed by atoms with Gasteiger partial charge in [-0.05, 0) is 55.9 Å². The van der Waals surface area contributed by atoms with Crippen molar-refractivity contribution in [1.29, 1.82) is 5.26 Å². The van der Waals surface area contributed by atoms with Gasteiger partial charge in [-0.3, -0.25) is 9.59 Å². The van der Waals surface area contributed by atoms with Gasteiger partial charge in [0.15, 0.2) is 0 Å². The molecule has 0 spiro atoms. The normalized spacial score (nSPS) is 24.3. The van der Waals surface area contributed by atoms with E-state index < -0.39 is 0 Å². The molecule has 22 heavy (non-hydrogen) atoms. The summed E-state index contributed by atoms with van der Waals surface area (Å²) in [6, 6.07) is 7.19. The molecular weight excluding hydrogens is 278 g/mol. The number of benzene rings is 1. The Balaban J connectivity index is 1.73. The molecule has 1 saturated carbocycles. The van der Waals surface area contributed by atoms with Crippen LogP contribution in [0.15, 0.2) is 18.2 Å². The molecule has 0 unspecified atom stereocenters. The third kappa shape index (κ3) is 2.96. The Hall–Kier alpha value is -2.35. The minimum Gasteiger partial charge on any atom is -0.351 e. The van der Waals surface area contributed by atoms with Crippen LogP contribution in [0.4, 0.5) is 0 Å². The van der Waals surface area contributed by atoms with E-state index >= 15 is 0 Å². The van der Waals surface area contributed by atoms with Crippen molar-refractivity contribution in [2.75, 3.05) is 0 Å². The molecule has 2 atom stereocenters. The van der Waals surface area contributed by atoms with E-state index in [0.717, 1.165) is 18.4 Å². The van der Waals surface area contributed by atoms with E-state index in [1.807, 2.05) is 6.92 Å². The van der Waals surface area contributed by atoms with Crippen LogP contribution in [0, 0.1) is 24.2 Å². The Kier molecular flexibility index (Phi) is 3.84. The topological polar surface area (TPSA) is 82.0 Å². The van der Waals surface area contributed by atoms with Crippen molar-refractivity contribution in [2.45, 2.75) is 44.7 Å². The molecule has 1 aromatic carbocycles. The van der Waals surface area contributed by atoms with E-state index in [4.69, 9.17) is 5.26 Å². The standard InChI is InChI=1S/C17H19N3O2/c1-10-8-11(9-18)2-5-13(10)17(22)19-14-6-7-15(21)20-16(14)12-3-4-12/h2,5,8,12,14,16H,3-4,6-7H2,1H3,(H,19,22)(H,20,21)/t14-,16+/m1/s1. The molecule has 1 saturated heterocycles. The number of nitrogens with one attached hydrogen (secondary N) is 2. The molecule has 1 aliphatic heterocycles. The molecule has 2 amide bonds. The number of aryl methyl sites for hydroxylation is 1. The van der Waals surface area contributed by atoms with Crippen LogP contribution >= 0.6 is 0 Å². The van der Waals surface area contributed by atoms with Crippen molar-refractivity contribution in [2.24, 2.45) is 5.92 Å². The molecule has 1 aliphatic carbocycles. The number of piperidine rings is 1. The van der Waals surface area contributed by atoms with Gasteiger partial charge in [0.25, 0.3) is 5.91 Å². The van der Waals surface area contributed by atoms with Gasteiger partial charge >= 0.3 is 0 Å². The van der Waals surface area contributed by atoms with Gasteiger partial charge in [0, 0.05) is 12.0 Å². The van der Waals surface area contributed by atoms with Crippen molar-refractivity contribution < 1.29 is 9.59 Å². The summed E-state index contributed by atoms with van der Waals surface area (Å²) in [7, 11) is 0. The van der Waals surface area contributed by atoms with Gasteiger partial charge in [0.1, 0.15) is 0 Å². The average Bonchev–Trinajstić information content (AvgIpc) is 3.33. The summed E-state index contributed by atoms with van der Waals surface area (Å²) >= 11 is 0. The maximum Gasteiger partial charge on any atom is 0.251 e. The molecule has 1 aromatic rings. The number of hydrogen-bond donors (Lipinski definition) is 2. The van der Waals surface area contributed by atoms with Crippen LogP contribution in [0.25, 0.3) is 0 Å². The molecule has 0 bridgehead atoms. The van der Waals surface area contributed by atoms with E-state index in [-0.39, 0.29) is 23.9 Å². The molecule has 0 aromatic heterocycles. The number of hydrogen-bond acceptors (Lipinski definition) is 3. The molecule has 2 fully saturated rings. The summed E-state index contributed by atoms with van der Waals surface area (Å²) in [6.07, 6.45) is 3.38. The summed E-state index contributed by atoms with van der Waals surface area (Å²) in [5, 5.41) is 15.0. The maximum atomic E-state index is 12.5. The number of nitriles is 1. The molecule has 2 N–H and O–H groups in total. The van der Waals surface area contributed by atoms with Crippen molar-refractivity contribution in [3.63, 3.8) is 0 Å². The first-order valence-electron chi connectivity index (χ1n) is 7.69. The lowest BCUT2D eigenvalue weighted by Crippen LogP contribution is -2.56. The van der Waals surface area contributed by atoms with E-state index in [1.54, 1.807) is 18.2 Å². The Morgan fingerprint density at radius 3 is 2.77 bits per heavy atom. The number of amides is 2. The fourth-order valence-electron chi connectivity index (χ4n) is 3.12. The van der Waals surface area contributed by atoms with E-state index in [2.05, 4.69) is 16.7 Å². The molecular formula is C17H19N3O2. The Morgan fingerprint density at radius 2 is 2.14 bits per heavy atom. The van der Waals surface area contributed by atoms with Gasteiger partial charge in [-0.25, -0.2) is 0 Å². The predicted octanol–water partition coefficient (Wildman–Crippen LogP) is 1.65. The molecule has 5 nitrogen and oxygen atoms in total. The highest BCUT2D eigenvalue weighted by atomic mass is 16.2. The van der Waals surface area contributed by atoms with E-state index in [0.29, 0.717) is 29.9 Å². The van der Waals surface area contributed by atoms with Gasteiger partial charge in [-0.2, -0.15) is 5.26 Å². The zero-order chi connectivity index (χ0) is 15.7. The summed E-state index contributed by atoms with van der Waals surface area (Å²) < 4.78 is 0. The fraction of sp³-hybridized carbons (Fsp3) is 0.471. The van der Waals surface area contributed by atoms with Crippen LogP contribution in [0.3, 0.4) is 0 Å². The minimum absolute atomic E-state index is 0.00672. The van der Waals surface area contributed by atoms with Crippen LogP contribution in [0.1, 0.15) is 47.2 Å². The number of carbonyl (C=O) groups is 2. The van der Waals surface area contributed by atoms with E-state index in [9.17, 15) is 9.59 Å². The van der Waals surface area contributed by atoms with Crippen molar-refractivity contribution in [3.05, 3.63) is 34.9 Å². The molecule has 3 rings (SSSR count). The fourth-order valence-corrected chi connectivity index (χ4v) is 3.12. The molecule has 1 heterocycles. The summed E-state index contributed by atoms with van der Waals surface area (Å²) in [5.41, 5.74) is 1.93. The third-order valence-corrected chi connectivity index (χ3v) is 4.49. The molecule has 2 aliphatic rings. The SMILES string of the molecule is Cc1cc(C#N)ccc1C(=O)N[C@@H]1CCC(=O)N[C@H]1C1CC1. The van der Waals surface area contributed by atoms with Crippen molar-refractivity contribution >= 4 is 11.8 Å². The first kappa shape index (κ1) is 14.6. The van der Waals surface area contributed by atoms with Crippen LogP contribution in [-0.2, 0) is 4.79 Å². The van der Waals surface area contributed by atoms with Crippen LogP contribution in [-0.4, -0.2) is 23.9 Å². The second kappa shape index (κ2) is 5.80. The van der Waals surface area contributed by atoms with Crippen LogP contribution in [0.5, 0.6) is 0 Å². The Bertz CT molecular complexity index is 658. The van der Waals surface area contributed by atoms with Gasteiger partial charge < -0.3 is 10.6 Å². The summed E-state index contributed by atoms with van der Waals surface area (Å²) in [6.45, 7) is 1.83. The van der Waals surface area contributed by atoms with Crippen LogP contribution < -0.4 is 10.6 Å². The zero-order valence-electron chi connectivity index (χ0n) is 12.6. The van der Waals surface area contributed by atoms with E-state index in [1.165, 1.54) is 0 Å². The average molecular weight is 297 g/mol. The highest BCUT2D eigenvalue weighted by molar-refractivity contribution is 5.96. The Labute approximate surface area is 129 Å². The largest absolute Gasteiger partial charge is 0.351 e.